The van der Waals surface area contributed by atoms with Gasteiger partial charge in [0, 0.05) is 22.4 Å². The van der Waals surface area contributed by atoms with Crippen LogP contribution in [0.15, 0.2) is 0 Å². The van der Waals surface area contributed by atoms with Gasteiger partial charge in [-0.15, -0.1) is 0 Å². The molecule has 0 bridgehead atoms. The van der Waals surface area contributed by atoms with Gasteiger partial charge in [0.1, 0.15) is 9.84 Å². The molecule has 0 spiro atoms. The second-order valence-electron chi connectivity index (χ2n) is 1.14. The van der Waals surface area contributed by atoms with Gasteiger partial charge in [-0.2, -0.15) is 0 Å². The Morgan fingerprint density at radius 2 is 1.17 bits per heavy atom. The Bertz CT molecular complexity index is 94.7. The largest absolute Gasteiger partial charge is 0.229 e. The summed E-state index contributed by atoms with van der Waals surface area (Å²) in [7, 11) is -2.67. The van der Waals surface area contributed by atoms with Crippen molar-refractivity contribution in [2.45, 2.75) is 0 Å². The Kier molecular flexibility index (Phi) is 4.07. The van der Waals surface area contributed by atoms with E-state index in [2.05, 4.69) is 0 Å². The van der Waals surface area contributed by atoms with Crippen molar-refractivity contribution in [1.29, 1.82) is 0 Å². The quantitative estimate of drug-likeness (QED) is 0.442. The molecular weight excluding hydrogens is 119 g/mol. The maximum atomic E-state index is 9.63. The fourth-order valence-corrected chi connectivity index (χ4v) is 0. The highest BCUT2D eigenvalue weighted by molar-refractivity contribution is 7.89. The molecule has 0 rings (SSSR count). The molecule has 0 amide bonds. The van der Waals surface area contributed by atoms with E-state index < -0.39 is 9.84 Å². The number of hydrogen-bond acceptors (Lipinski definition) is 2. The lowest BCUT2D eigenvalue weighted by atomic mass is 11.9. The Balaban J connectivity index is 0. The number of rotatable bonds is 0. The van der Waals surface area contributed by atoms with E-state index in [0.29, 0.717) is 0 Å². The van der Waals surface area contributed by atoms with Crippen LogP contribution in [0.25, 0.3) is 0 Å². The minimum absolute atomic E-state index is 0. The number of hydrogen-bond donors (Lipinski definition) is 0. The van der Waals surface area contributed by atoms with E-state index in [1.54, 1.807) is 0 Å². The normalized spacial score (nSPS) is 9.67. The van der Waals surface area contributed by atoms with E-state index in [1.807, 2.05) is 0 Å². The van der Waals surface area contributed by atoms with Crippen LogP contribution in [-0.4, -0.2) is 20.9 Å². The summed E-state index contributed by atoms with van der Waals surface area (Å²) >= 11 is 0. The molecular formula is C2H6O2PS. The fraction of sp³-hybridized carbons (Fsp3) is 1.00. The van der Waals surface area contributed by atoms with Crippen LogP contribution in [0.1, 0.15) is 0 Å². The van der Waals surface area contributed by atoms with Crippen LogP contribution in [-0.2, 0) is 9.84 Å². The molecule has 6 heavy (non-hydrogen) atoms. The second-order valence-corrected chi connectivity index (χ2v) is 3.43. The molecule has 2 nitrogen and oxygen atoms in total. The summed E-state index contributed by atoms with van der Waals surface area (Å²) in [6, 6.07) is 0. The SMILES string of the molecule is CS(C)(=O)=O.[P]. The third-order valence-electron chi connectivity index (χ3n) is 0. The summed E-state index contributed by atoms with van der Waals surface area (Å²) in [5.74, 6) is 0. The first kappa shape index (κ1) is 9.63. The summed E-state index contributed by atoms with van der Waals surface area (Å²) in [5.41, 5.74) is 0. The third-order valence-corrected chi connectivity index (χ3v) is 0. The van der Waals surface area contributed by atoms with E-state index in [4.69, 9.17) is 0 Å². The summed E-state index contributed by atoms with van der Waals surface area (Å²) in [5, 5.41) is 0. The van der Waals surface area contributed by atoms with E-state index in [-0.39, 0.29) is 9.90 Å². The van der Waals surface area contributed by atoms with Gasteiger partial charge in [0.05, 0.1) is 0 Å². The topological polar surface area (TPSA) is 34.1 Å². The monoisotopic (exact) mass is 125 g/mol. The van der Waals surface area contributed by atoms with Crippen molar-refractivity contribution in [1.82, 2.24) is 0 Å². The molecule has 0 aliphatic carbocycles. The zero-order valence-corrected chi connectivity index (χ0v) is 5.38. The Morgan fingerprint density at radius 3 is 1.17 bits per heavy atom. The van der Waals surface area contributed by atoms with Crippen LogP contribution in [0.3, 0.4) is 0 Å². The van der Waals surface area contributed by atoms with Gasteiger partial charge in [0.25, 0.3) is 0 Å². The van der Waals surface area contributed by atoms with E-state index in [1.165, 1.54) is 0 Å². The van der Waals surface area contributed by atoms with Crippen molar-refractivity contribution in [2.75, 3.05) is 12.5 Å². The molecule has 0 saturated carbocycles. The van der Waals surface area contributed by atoms with Gasteiger partial charge in [-0.3, -0.25) is 0 Å². The molecule has 0 aliphatic heterocycles. The Labute approximate surface area is 41.5 Å². The minimum atomic E-state index is -2.67. The Hall–Kier alpha value is 0.380. The second kappa shape index (κ2) is 2.54. The van der Waals surface area contributed by atoms with Gasteiger partial charge >= 0.3 is 0 Å². The molecule has 0 aromatic rings. The summed E-state index contributed by atoms with van der Waals surface area (Å²) in [4.78, 5) is 0. The van der Waals surface area contributed by atoms with Crippen LogP contribution in [0.5, 0.6) is 0 Å². The summed E-state index contributed by atoms with van der Waals surface area (Å²) < 4.78 is 19.3. The van der Waals surface area contributed by atoms with Crippen molar-refractivity contribution in [3.05, 3.63) is 0 Å². The molecule has 0 atom stereocenters. The first-order valence-electron chi connectivity index (χ1n) is 1.15. The van der Waals surface area contributed by atoms with Crippen LogP contribution >= 0.6 is 9.90 Å². The maximum absolute atomic E-state index is 9.63. The first-order chi connectivity index (χ1) is 2.00. The van der Waals surface area contributed by atoms with Gasteiger partial charge in [-0.1, -0.05) is 0 Å². The average Bonchev–Trinajstić information content (AvgIpc) is 0.722. The zero-order chi connectivity index (χ0) is 4.50. The smallest absolute Gasteiger partial charge is 0.144 e. The van der Waals surface area contributed by atoms with Crippen molar-refractivity contribution in [3.8, 4) is 0 Å². The summed E-state index contributed by atoms with van der Waals surface area (Å²) in [6.45, 7) is 0. The van der Waals surface area contributed by atoms with E-state index >= 15 is 0 Å². The number of sulfone groups is 1. The van der Waals surface area contributed by atoms with Gasteiger partial charge in [0.2, 0.25) is 0 Å². The van der Waals surface area contributed by atoms with Crippen molar-refractivity contribution >= 4 is 19.7 Å². The first-order valence-corrected chi connectivity index (χ1v) is 3.45. The van der Waals surface area contributed by atoms with Gasteiger partial charge < -0.3 is 0 Å². The molecule has 0 aliphatic rings. The van der Waals surface area contributed by atoms with Crippen LogP contribution < -0.4 is 0 Å². The zero-order valence-electron chi connectivity index (χ0n) is 3.67. The predicted molar refractivity (Wildman–Crippen MR) is 27.7 cm³/mol. The van der Waals surface area contributed by atoms with Crippen LogP contribution in [0.2, 0.25) is 0 Å². The van der Waals surface area contributed by atoms with Crippen molar-refractivity contribution in [2.24, 2.45) is 0 Å². The fourth-order valence-electron chi connectivity index (χ4n) is 0. The maximum Gasteiger partial charge on any atom is 0.144 e. The molecule has 0 unspecified atom stereocenters. The van der Waals surface area contributed by atoms with Gasteiger partial charge in [0.15, 0.2) is 0 Å². The lowest BCUT2D eigenvalue weighted by Gasteiger charge is -1.69. The molecule has 4 heteroatoms. The molecule has 3 radical (unpaired) electrons. The van der Waals surface area contributed by atoms with Crippen LogP contribution in [0, 0.1) is 0 Å². The highest BCUT2D eigenvalue weighted by Gasteiger charge is 1.79. The third kappa shape index (κ3) is 347. The van der Waals surface area contributed by atoms with Crippen molar-refractivity contribution in [3.63, 3.8) is 0 Å². The Morgan fingerprint density at radius 1 is 1.17 bits per heavy atom. The van der Waals surface area contributed by atoms with Gasteiger partial charge in [-0.05, 0) is 0 Å². The van der Waals surface area contributed by atoms with E-state index in [0.717, 1.165) is 12.5 Å². The molecule has 0 aromatic heterocycles. The standard InChI is InChI=1S/C2H6O2S.P/c1-5(2,3)4;/h1-2H3;. The predicted octanol–water partition coefficient (Wildman–Crippen LogP) is 0.522. The van der Waals surface area contributed by atoms with E-state index in [9.17, 15) is 8.42 Å². The molecule has 0 N–H and O–H groups in total. The lowest BCUT2D eigenvalue weighted by molar-refractivity contribution is 0.607. The highest BCUT2D eigenvalue weighted by atomic mass is 32.2. The highest BCUT2D eigenvalue weighted by Crippen LogP contribution is 1.61. The molecule has 0 fully saturated rings. The van der Waals surface area contributed by atoms with Crippen LogP contribution in [0.4, 0.5) is 0 Å². The minimum Gasteiger partial charge on any atom is -0.229 e. The average molecular weight is 125 g/mol. The lowest BCUT2D eigenvalue weighted by Crippen LogP contribution is -1.86. The van der Waals surface area contributed by atoms with Gasteiger partial charge in [-0.25, -0.2) is 8.42 Å². The molecule has 0 aromatic carbocycles. The summed E-state index contributed by atoms with van der Waals surface area (Å²) in [6.07, 6.45) is 2.32. The molecule has 37 valence electrons. The van der Waals surface area contributed by atoms with Crippen molar-refractivity contribution < 1.29 is 8.42 Å². The molecule has 0 saturated heterocycles. The molecule has 0 heterocycles.